The minimum Gasteiger partial charge on any atom is -0.356 e. The fraction of sp³-hybridized carbons (Fsp3) is 0.316. The molecule has 0 saturated carbocycles. The molecule has 146 valence electrons. The van der Waals surface area contributed by atoms with Crippen molar-refractivity contribution in [3.63, 3.8) is 0 Å². The summed E-state index contributed by atoms with van der Waals surface area (Å²) < 4.78 is 13.7. The van der Waals surface area contributed by atoms with Crippen molar-refractivity contribution < 1.29 is 9.18 Å². The van der Waals surface area contributed by atoms with E-state index in [9.17, 15) is 9.18 Å². The molecule has 1 fully saturated rings. The Morgan fingerprint density at radius 2 is 2.14 bits per heavy atom. The third-order valence-corrected chi connectivity index (χ3v) is 7.50. The molecule has 1 aliphatic rings. The Labute approximate surface area is 175 Å². The third-order valence-electron chi connectivity index (χ3n) is 4.53. The van der Waals surface area contributed by atoms with E-state index in [1.54, 1.807) is 23.5 Å². The third kappa shape index (κ3) is 4.71. The number of halogens is 1. The molecule has 1 atom stereocenters. The highest BCUT2D eigenvalue weighted by Crippen LogP contribution is 2.35. The Morgan fingerprint density at radius 1 is 1.29 bits per heavy atom. The van der Waals surface area contributed by atoms with Crippen LogP contribution >= 0.6 is 34.4 Å². The van der Waals surface area contributed by atoms with E-state index in [0.29, 0.717) is 17.4 Å². The van der Waals surface area contributed by atoms with Crippen molar-refractivity contribution in [2.75, 3.05) is 17.6 Å². The second-order valence-corrected chi connectivity index (χ2v) is 9.58. The number of benzene rings is 1. The summed E-state index contributed by atoms with van der Waals surface area (Å²) in [5, 5.41) is 14.2. The molecular weight excluding hydrogens is 415 g/mol. The van der Waals surface area contributed by atoms with Gasteiger partial charge in [0.15, 0.2) is 4.34 Å². The van der Waals surface area contributed by atoms with Gasteiger partial charge in [0, 0.05) is 18.0 Å². The molecule has 1 saturated heterocycles. The van der Waals surface area contributed by atoms with Crippen LogP contribution in [0.2, 0.25) is 0 Å². The molecule has 1 unspecified atom stereocenters. The normalized spacial score (nSPS) is 16.5. The lowest BCUT2D eigenvalue weighted by atomic mass is 10.2. The lowest BCUT2D eigenvalue weighted by Crippen LogP contribution is -2.31. The standard InChI is InChI=1S/C19H19FN4OS3/c20-14-7-5-13(6-8-14)11-21-18-22-23-19(28-18)27-12-17(25)24-9-1-3-15(24)16-4-2-10-26-16/h2,4-8,10,15H,1,3,9,11-12H2,(H,21,22). The van der Waals surface area contributed by atoms with Crippen molar-refractivity contribution in [3.05, 3.63) is 58.0 Å². The smallest absolute Gasteiger partial charge is 0.233 e. The zero-order valence-electron chi connectivity index (χ0n) is 15.0. The number of amides is 1. The molecular formula is C19H19FN4OS3. The van der Waals surface area contributed by atoms with Crippen LogP contribution in [0.3, 0.4) is 0 Å². The highest BCUT2D eigenvalue weighted by Gasteiger charge is 2.30. The van der Waals surface area contributed by atoms with E-state index in [2.05, 4.69) is 27.0 Å². The summed E-state index contributed by atoms with van der Waals surface area (Å²) in [6.07, 6.45) is 2.09. The summed E-state index contributed by atoms with van der Waals surface area (Å²) in [6, 6.07) is 10.7. The summed E-state index contributed by atoms with van der Waals surface area (Å²) in [7, 11) is 0. The van der Waals surface area contributed by atoms with Gasteiger partial charge in [0.05, 0.1) is 11.8 Å². The number of rotatable bonds is 7. The first-order valence-electron chi connectivity index (χ1n) is 8.96. The molecule has 1 aliphatic heterocycles. The first-order chi connectivity index (χ1) is 13.7. The van der Waals surface area contributed by atoms with E-state index in [4.69, 9.17) is 0 Å². The highest BCUT2D eigenvalue weighted by atomic mass is 32.2. The molecule has 0 spiro atoms. The molecule has 5 nitrogen and oxygen atoms in total. The van der Waals surface area contributed by atoms with Gasteiger partial charge in [-0.1, -0.05) is 41.3 Å². The molecule has 9 heteroatoms. The Kier molecular flexibility index (Phi) is 6.23. The number of hydrogen-bond donors (Lipinski definition) is 1. The number of nitrogens with zero attached hydrogens (tertiary/aromatic N) is 3. The zero-order valence-corrected chi connectivity index (χ0v) is 17.5. The van der Waals surface area contributed by atoms with Crippen LogP contribution in [-0.2, 0) is 11.3 Å². The zero-order chi connectivity index (χ0) is 19.3. The molecule has 0 aliphatic carbocycles. The number of thioether (sulfide) groups is 1. The average molecular weight is 435 g/mol. The van der Waals surface area contributed by atoms with Gasteiger partial charge in [-0.3, -0.25) is 4.79 Å². The molecule has 0 bridgehead atoms. The van der Waals surface area contributed by atoms with Crippen LogP contribution in [0.1, 0.15) is 29.3 Å². The van der Waals surface area contributed by atoms with E-state index in [1.165, 1.54) is 40.1 Å². The molecule has 2 aromatic heterocycles. The number of aromatic nitrogens is 2. The number of nitrogens with one attached hydrogen (secondary N) is 1. The van der Waals surface area contributed by atoms with Gasteiger partial charge in [-0.05, 0) is 42.0 Å². The summed E-state index contributed by atoms with van der Waals surface area (Å²) in [6.45, 7) is 1.37. The lowest BCUT2D eigenvalue weighted by molar-refractivity contribution is -0.129. The van der Waals surface area contributed by atoms with Crippen LogP contribution in [0, 0.1) is 5.82 Å². The molecule has 3 aromatic rings. The highest BCUT2D eigenvalue weighted by molar-refractivity contribution is 8.01. The quantitative estimate of drug-likeness (QED) is 0.541. The Hall–Kier alpha value is -1.97. The predicted molar refractivity (Wildman–Crippen MR) is 112 cm³/mol. The molecule has 0 radical (unpaired) electrons. The maximum atomic E-state index is 12.9. The first kappa shape index (κ1) is 19.4. The Morgan fingerprint density at radius 3 is 2.93 bits per heavy atom. The van der Waals surface area contributed by atoms with Gasteiger partial charge >= 0.3 is 0 Å². The number of carbonyl (C=O) groups is 1. The van der Waals surface area contributed by atoms with Crippen LogP contribution < -0.4 is 5.32 Å². The summed E-state index contributed by atoms with van der Waals surface area (Å²) >= 11 is 4.57. The van der Waals surface area contributed by atoms with Crippen molar-refractivity contribution in [2.24, 2.45) is 0 Å². The van der Waals surface area contributed by atoms with Crippen molar-refractivity contribution >= 4 is 45.5 Å². The summed E-state index contributed by atoms with van der Waals surface area (Å²) in [4.78, 5) is 15.9. The van der Waals surface area contributed by atoms with E-state index >= 15 is 0 Å². The Bertz CT molecular complexity index is 914. The second kappa shape index (κ2) is 9.02. The Balaban J connectivity index is 1.28. The SMILES string of the molecule is O=C(CSc1nnc(NCc2ccc(F)cc2)s1)N1CCCC1c1cccs1. The van der Waals surface area contributed by atoms with Gasteiger partial charge < -0.3 is 10.2 Å². The number of likely N-dealkylation sites (tertiary alicyclic amines) is 1. The van der Waals surface area contributed by atoms with Crippen molar-refractivity contribution in [3.8, 4) is 0 Å². The van der Waals surface area contributed by atoms with Gasteiger partial charge in [-0.2, -0.15) is 0 Å². The summed E-state index contributed by atoms with van der Waals surface area (Å²) in [5.41, 5.74) is 0.967. The van der Waals surface area contributed by atoms with E-state index < -0.39 is 0 Å². The summed E-state index contributed by atoms with van der Waals surface area (Å²) in [5.74, 6) is 0.272. The van der Waals surface area contributed by atoms with Gasteiger partial charge in [-0.15, -0.1) is 21.5 Å². The van der Waals surface area contributed by atoms with Crippen molar-refractivity contribution in [1.82, 2.24) is 15.1 Å². The minimum atomic E-state index is -0.248. The molecule has 4 rings (SSSR count). The number of hydrogen-bond acceptors (Lipinski definition) is 7. The predicted octanol–water partition coefficient (Wildman–Crippen LogP) is 4.81. The van der Waals surface area contributed by atoms with Crippen LogP contribution in [-0.4, -0.2) is 33.3 Å². The van der Waals surface area contributed by atoms with Crippen molar-refractivity contribution in [2.45, 2.75) is 29.8 Å². The lowest BCUT2D eigenvalue weighted by Gasteiger charge is -2.23. The number of anilines is 1. The first-order valence-corrected chi connectivity index (χ1v) is 11.6. The molecule has 28 heavy (non-hydrogen) atoms. The average Bonchev–Trinajstić information content (AvgIpc) is 3.46. The van der Waals surface area contributed by atoms with E-state index in [1.807, 2.05) is 11.0 Å². The van der Waals surface area contributed by atoms with Crippen LogP contribution in [0.4, 0.5) is 9.52 Å². The minimum absolute atomic E-state index is 0.150. The topological polar surface area (TPSA) is 58.1 Å². The second-order valence-electron chi connectivity index (χ2n) is 6.40. The molecule has 1 aromatic carbocycles. The fourth-order valence-electron chi connectivity index (χ4n) is 3.17. The monoisotopic (exact) mass is 434 g/mol. The maximum Gasteiger partial charge on any atom is 0.233 e. The molecule has 1 N–H and O–H groups in total. The van der Waals surface area contributed by atoms with Gasteiger partial charge in [-0.25, -0.2) is 4.39 Å². The van der Waals surface area contributed by atoms with Crippen LogP contribution in [0.15, 0.2) is 46.1 Å². The fourth-order valence-corrected chi connectivity index (χ4v) is 5.67. The number of carbonyl (C=O) groups excluding carboxylic acids is 1. The van der Waals surface area contributed by atoms with Gasteiger partial charge in [0.1, 0.15) is 5.82 Å². The molecule has 1 amide bonds. The molecule has 3 heterocycles. The largest absolute Gasteiger partial charge is 0.356 e. The maximum absolute atomic E-state index is 12.9. The van der Waals surface area contributed by atoms with Crippen LogP contribution in [0.5, 0.6) is 0 Å². The van der Waals surface area contributed by atoms with Crippen molar-refractivity contribution in [1.29, 1.82) is 0 Å². The van der Waals surface area contributed by atoms with E-state index in [0.717, 1.165) is 29.3 Å². The van der Waals surface area contributed by atoms with Gasteiger partial charge in [0.2, 0.25) is 11.0 Å². The number of thiophene rings is 1. The van der Waals surface area contributed by atoms with Crippen LogP contribution in [0.25, 0.3) is 0 Å². The van der Waals surface area contributed by atoms with E-state index in [-0.39, 0.29) is 17.8 Å². The van der Waals surface area contributed by atoms with Gasteiger partial charge in [0.25, 0.3) is 0 Å².